The van der Waals surface area contributed by atoms with Gasteiger partial charge in [0.05, 0.1) is 5.41 Å². The lowest BCUT2D eigenvalue weighted by molar-refractivity contribution is -0.141. The molecule has 0 radical (unpaired) electrons. The molecular formula is C21H22F4N4O. The quantitative estimate of drug-likeness (QED) is 0.764. The molecule has 1 atom stereocenters. The maximum absolute atomic E-state index is 14.8. The Morgan fingerprint density at radius 1 is 1.10 bits per heavy atom. The van der Waals surface area contributed by atoms with Crippen LogP contribution in [0, 0.1) is 11.2 Å². The molecular weight excluding hydrogens is 400 g/mol. The Bertz CT molecular complexity index is 1010. The number of benzene rings is 1. The number of aromatic nitrogens is 1. The molecule has 3 rings (SSSR count). The molecule has 2 aromatic rings. The van der Waals surface area contributed by atoms with Gasteiger partial charge in [-0.15, -0.1) is 0 Å². The fraction of sp³-hybridized carbons (Fsp3) is 0.381. The molecule has 1 aromatic carbocycles. The molecule has 160 valence electrons. The summed E-state index contributed by atoms with van der Waals surface area (Å²) in [5.41, 5.74) is 3.94. The standard InChI is InChI=1S/C21H22F4N4O/c1-19(2)17(30)29(4)18(26)28-20(19,3)14-10-12(5-7-15(14)22)9-13-6-8-16(27-11-13)21(23,24)25/h5-8,10-11H,9H2,1-4H3,(H2,26,28)/t20-/m1/s1. The highest BCUT2D eigenvalue weighted by Gasteiger charge is 2.53. The Hall–Kier alpha value is -2.97. The number of rotatable bonds is 3. The number of hydrogen-bond donors (Lipinski definition) is 1. The van der Waals surface area contributed by atoms with E-state index in [1.54, 1.807) is 26.8 Å². The average Bonchev–Trinajstić information content (AvgIpc) is 2.66. The lowest BCUT2D eigenvalue weighted by Gasteiger charge is -2.46. The predicted octanol–water partition coefficient (Wildman–Crippen LogP) is 3.86. The number of alkyl halides is 3. The van der Waals surface area contributed by atoms with Crippen LogP contribution in [0.5, 0.6) is 0 Å². The molecule has 2 N–H and O–H groups in total. The summed E-state index contributed by atoms with van der Waals surface area (Å²) in [6.45, 7) is 4.99. The molecule has 0 saturated heterocycles. The van der Waals surface area contributed by atoms with Gasteiger partial charge in [-0.3, -0.25) is 14.7 Å². The highest BCUT2D eigenvalue weighted by Crippen LogP contribution is 2.47. The molecule has 2 heterocycles. The van der Waals surface area contributed by atoms with Crippen LogP contribution in [0.4, 0.5) is 17.6 Å². The number of hydrogen-bond acceptors (Lipinski definition) is 4. The van der Waals surface area contributed by atoms with E-state index >= 15 is 0 Å². The number of amides is 1. The highest BCUT2D eigenvalue weighted by atomic mass is 19.4. The zero-order valence-corrected chi connectivity index (χ0v) is 17.0. The first kappa shape index (κ1) is 21.7. The second kappa shape index (κ2) is 7.07. The van der Waals surface area contributed by atoms with E-state index in [1.165, 1.54) is 30.1 Å². The Kier molecular flexibility index (Phi) is 5.12. The van der Waals surface area contributed by atoms with E-state index in [2.05, 4.69) is 9.98 Å². The molecule has 0 aliphatic carbocycles. The van der Waals surface area contributed by atoms with E-state index in [0.29, 0.717) is 11.1 Å². The fourth-order valence-corrected chi connectivity index (χ4v) is 3.56. The maximum Gasteiger partial charge on any atom is 0.433 e. The summed E-state index contributed by atoms with van der Waals surface area (Å²) in [6.07, 6.45) is -3.13. The number of nitrogens with zero attached hydrogens (tertiary/aromatic N) is 3. The molecule has 0 spiro atoms. The monoisotopic (exact) mass is 422 g/mol. The van der Waals surface area contributed by atoms with Gasteiger partial charge < -0.3 is 5.73 Å². The van der Waals surface area contributed by atoms with Gasteiger partial charge >= 0.3 is 6.18 Å². The van der Waals surface area contributed by atoms with Crippen molar-refractivity contribution in [1.29, 1.82) is 0 Å². The topological polar surface area (TPSA) is 71.6 Å². The van der Waals surface area contributed by atoms with Crippen LogP contribution in [0.3, 0.4) is 0 Å². The molecule has 0 saturated carbocycles. The number of guanidine groups is 1. The summed E-state index contributed by atoms with van der Waals surface area (Å²) in [5, 5.41) is 0. The predicted molar refractivity (Wildman–Crippen MR) is 104 cm³/mol. The van der Waals surface area contributed by atoms with Crippen molar-refractivity contribution in [1.82, 2.24) is 9.88 Å². The molecule has 0 fully saturated rings. The lowest BCUT2D eigenvalue weighted by atomic mass is 9.67. The fourth-order valence-electron chi connectivity index (χ4n) is 3.56. The van der Waals surface area contributed by atoms with Crippen LogP contribution in [0.15, 0.2) is 41.5 Å². The minimum atomic E-state index is -4.51. The first-order valence-electron chi connectivity index (χ1n) is 9.22. The van der Waals surface area contributed by atoms with E-state index in [0.717, 1.165) is 12.3 Å². The Balaban J connectivity index is 2.01. The zero-order valence-electron chi connectivity index (χ0n) is 17.0. The summed E-state index contributed by atoms with van der Waals surface area (Å²) in [7, 11) is 1.51. The van der Waals surface area contributed by atoms with Gasteiger partial charge in [-0.2, -0.15) is 13.2 Å². The van der Waals surface area contributed by atoms with E-state index in [1.807, 2.05) is 0 Å². The number of carbonyl (C=O) groups excluding carboxylic acids is 1. The third kappa shape index (κ3) is 3.53. The van der Waals surface area contributed by atoms with Crippen molar-refractivity contribution in [3.05, 3.63) is 64.7 Å². The van der Waals surface area contributed by atoms with Gasteiger partial charge in [0.1, 0.15) is 17.1 Å². The minimum absolute atomic E-state index is 0.0152. The molecule has 30 heavy (non-hydrogen) atoms. The second-order valence-corrected chi connectivity index (χ2v) is 8.07. The molecule has 1 aliphatic heterocycles. The number of halogens is 4. The smallest absolute Gasteiger partial charge is 0.369 e. The normalized spacial score (nSPS) is 21.5. The molecule has 0 bridgehead atoms. The minimum Gasteiger partial charge on any atom is -0.369 e. The molecule has 5 nitrogen and oxygen atoms in total. The van der Waals surface area contributed by atoms with Crippen LogP contribution in [0.1, 0.15) is 43.2 Å². The van der Waals surface area contributed by atoms with Crippen LogP contribution < -0.4 is 5.73 Å². The Morgan fingerprint density at radius 3 is 2.30 bits per heavy atom. The van der Waals surface area contributed by atoms with Crippen LogP contribution in [0.25, 0.3) is 0 Å². The average molecular weight is 422 g/mol. The Morgan fingerprint density at radius 2 is 1.73 bits per heavy atom. The Labute approximate surface area is 171 Å². The van der Waals surface area contributed by atoms with Gasteiger partial charge in [-0.05, 0) is 50.5 Å². The summed E-state index contributed by atoms with van der Waals surface area (Å²) in [4.78, 5) is 21.9. The molecule has 9 heteroatoms. The zero-order chi connectivity index (χ0) is 22.5. The van der Waals surface area contributed by atoms with Crippen molar-refractivity contribution < 1.29 is 22.4 Å². The van der Waals surface area contributed by atoms with Crippen LogP contribution in [0.2, 0.25) is 0 Å². The van der Waals surface area contributed by atoms with Gasteiger partial charge in [-0.1, -0.05) is 18.2 Å². The van der Waals surface area contributed by atoms with Crippen LogP contribution >= 0.6 is 0 Å². The van der Waals surface area contributed by atoms with Gasteiger partial charge in [0.2, 0.25) is 5.91 Å². The van der Waals surface area contributed by atoms with Gasteiger partial charge in [0.15, 0.2) is 5.96 Å². The second-order valence-electron chi connectivity index (χ2n) is 8.07. The van der Waals surface area contributed by atoms with Crippen molar-refractivity contribution in [2.24, 2.45) is 16.1 Å². The van der Waals surface area contributed by atoms with E-state index in [-0.39, 0.29) is 23.9 Å². The molecule has 1 amide bonds. The largest absolute Gasteiger partial charge is 0.433 e. The SMILES string of the molecule is CN1C(=O)C(C)(C)[C@@](C)(c2cc(Cc3ccc(C(F)(F)F)nc3)ccc2F)N=C1N. The van der Waals surface area contributed by atoms with Crippen molar-refractivity contribution >= 4 is 11.9 Å². The van der Waals surface area contributed by atoms with E-state index in [9.17, 15) is 22.4 Å². The third-order valence-electron chi connectivity index (χ3n) is 5.82. The van der Waals surface area contributed by atoms with Crippen molar-refractivity contribution in [3.8, 4) is 0 Å². The first-order chi connectivity index (χ1) is 13.8. The summed E-state index contributed by atoms with van der Waals surface area (Å²) >= 11 is 0. The van der Waals surface area contributed by atoms with Crippen LogP contribution in [-0.4, -0.2) is 28.8 Å². The first-order valence-corrected chi connectivity index (χ1v) is 9.22. The van der Waals surface area contributed by atoms with Crippen molar-refractivity contribution in [3.63, 3.8) is 0 Å². The third-order valence-corrected chi connectivity index (χ3v) is 5.82. The number of pyridine rings is 1. The van der Waals surface area contributed by atoms with Crippen molar-refractivity contribution in [2.75, 3.05) is 7.05 Å². The van der Waals surface area contributed by atoms with Gasteiger partial charge in [-0.25, -0.2) is 9.38 Å². The molecule has 0 unspecified atom stereocenters. The number of carbonyl (C=O) groups is 1. The lowest BCUT2D eigenvalue weighted by Crippen LogP contribution is -2.58. The summed E-state index contributed by atoms with van der Waals surface area (Å²) in [6, 6.07) is 6.61. The van der Waals surface area contributed by atoms with Crippen LogP contribution in [-0.2, 0) is 22.9 Å². The van der Waals surface area contributed by atoms with Gasteiger partial charge in [0, 0.05) is 18.8 Å². The van der Waals surface area contributed by atoms with E-state index < -0.39 is 28.6 Å². The van der Waals surface area contributed by atoms with Crippen molar-refractivity contribution in [2.45, 2.75) is 38.9 Å². The summed E-state index contributed by atoms with van der Waals surface area (Å²) in [5.74, 6) is -0.860. The number of aliphatic imine (C=N–C) groups is 1. The molecule has 1 aliphatic rings. The van der Waals surface area contributed by atoms with E-state index in [4.69, 9.17) is 5.73 Å². The highest BCUT2D eigenvalue weighted by molar-refractivity contribution is 6.01. The number of nitrogens with two attached hydrogens (primary N) is 1. The molecule has 1 aromatic heterocycles. The summed E-state index contributed by atoms with van der Waals surface area (Å²) < 4.78 is 52.9. The van der Waals surface area contributed by atoms with Gasteiger partial charge in [0.25, 0.3) is 0 Å². The maximum atomic E-state index is 14.8.